The first-order valence-corrected chi connectivity index (χ1v) is 9.99. The second-order valence-electron chi connectivity index (χ2n) is 7.41. The van der Waals surface area contributed by atoms with E-state index in [4.69, 9.17) is 14.6 Å². The zero-order chi connectivity index (χ0) is 18.8. The van der Waals surface area contributed by atoms with Crippen molar-refractivity contribution in [2.45, 2.75) is 25.8 Å². The lowest BCUT2D eigenvalue weighted by Crippen LogP contribution is -2.47. The maximum absolute atomic E-state index is 4.86. The van der Waals surface area contributed by atoms with E-state index in [1.54, 1.807) is 0 Å². The molecule has 0 atom stereocenters. The summed E-state index contributed by atoms with van der Waals surface area (Å²) in [6, 6.07) is 6.08. The van der Waals surface area contributed by atoms with Crippen molar-refractivity contribution in [1.82, 2.24) is 30.2 Å². The SMILES string of the molecule is c1ccc(CN2CCN(c3nc4nonc4nc3N3CCCCC3)CC2)nc1. The van der Waals surface area contributed by atoms with Crippen LogP contribution in [0.5, 0.6) is 0 Å². The Morgan fingerprint density at radius 1 is 0.786 bits per heavy atom. The largest absolute Gasteiger partial charge is 0.353 e. The molecule has 3 aromatic rings. The second-order valence-corrected chi connectivity index (χ2v) is 7.41. The first kappa shape index (κ1) is 17.3. The van der Waals surface area contributed by atoms with Gasteiger partial charge in [0.25, 0.3) is 0 Å². The quantitative estimate of drug-likeness (QED) is 0.671. The summed E-state index contributed by atoms with van der Waals surface area (Å²) in [6.45, 7) is 6.64. The van der Waals surface area contributed by atoms with Gasteiger partial charge in [0, 0.05) is 52.0 Å². The Labute approximate surface area is 163 Å². The number of aromatic nitrogens is 5. The third kappa shape index (κ3) is 3.49. The number of nitrogens with zero attached hydrogens (tertiary/aromatic N) is 8. The molecule has 2 saturated heterocycles. The van der Waals surface area contributed by atoms with Gasteiger partial charge in [-0.3, -0.25) is 9.88 Å². The van der Waals surface area contributed by atoms with Crippen LogP contribution in [0.3, 0.4) is 0 Å². The Morgan fingerprint density at radius 3 is 2.11 bits per heavy atom. The lowest BCUT2D eigenvalue weighted by atomic mass is 10.1. The van der Waals surface area contributed by atoms with E-state index < -0.39 is 0 Å². The Kier molecular flexibility index (Phi) is 4.74. The molecule has 2 fully saturated rings. The van der Waals surface area contributed by atoms with Crippen molar-refractivity contribution in [3.05, 3.63) is 30.1 Å². The van der Waals surface area contributed by atoms with Gasteiger partial charge < -0.3 is 9.80 Å². The number of hydrogen-bond donors (Lipinski definition) is 0. The molecule has 2 aliphatic rings. The van der Waals surface area contributed by atoms with E-state index in [9.17, 15) is 0 Å². The monoisotopic (exact) mass is 380 g/mol. The van der Waals surface area contributed by atoms with Gasteiger partial charge in [0.15, 0.2) is 11.6 Å². The fourth-order valence-electron chi connectivity index (χ4n) is 3.99. The van der Waals surface area contributed by atoms with Crippen LogP contribution in [0.2, 0.25) is 0 Å². The molecular formula is C19H24N8O. The number of fused-ring (bicyclic) bond motifs is 1. The van der Waals surface area contributed by atoms with Gasteiger partial charge in [-0.15, -0.1) is 0 Å². The molecule has 5 heterocycles. The van der Waals surface area contributed by atoms with E-state index in [1.165, 1.54) is 19.3 Å². The minimum Gasteiger partial charge on any atom is -0.353 e. The first-order chi connectivity index (χ1) is 13.9. The van der Waals surface area contributed by atoms with Crippen molar-refractivity contribution in [2.75, 3.05) is 49.1 Å². The lowest BCUT2D eigenvalue weighted by Gasteiger charge is -2.37. The average molecular weight is 380 g/mol. The summed E-state index contributed by atoms with van der Waals surface area (Å²) in [5.74, 6) is 1.82. The maximum atomic E-state index is 4.86. The molecule has 0 saturated carbocycles. The molecule has 9 nitrogen and oxygen atoms in total. The van der Waals surface area contributed by atoms with Crippen LogP contribution < -0.4 is 9.80 Å². The van der Waals surface area contributed by atoms with Crippen molar-refractivity contribution in [3.8, 4) is 0 Å². The van der Waals surface area contributed by atoms with Gasteiger partial charge in [0.2, 0.25) is 11.3 Å². The summed E-state index contributed by atoms with van der Waals surface area (Å²) in [7, 11) is 0. The summed E-state index contributed by atoms with van der Waals surface area (Å²) < 4.78 is 4.86. The van der Waals surface area contributed by atoms with Crippen LogP contribution in [0.4, 0.5) is 11.6 Å². The highest BCUT2D eigenvalue weighted by atomic mass is 16.6. The molecule has 2 aliphatic heterocycles. The predicted molar refractivity (Wildman–Crippen MR) is 105 cm³/mol. The highest BCUT2D eigenvalue weighted by Crippen LogP contribution is 2.30. The predicted octanol–water partition coefficient (Wildman–Crippen LogP) is 1.72. The molecule has 28 heavy (non-hydrogen) atoms. The number of rotatable bonds is 4. The van der Waals surface area contributed by atoms with Gasteiger partial charge in [-0.25, -0.2) is 14.6 Å². The van der Waals surface area contributed by atoms with Crippen molar-refractivity contribution in [1.29, 1.82) is 0 Å². The standard InChI is InChI=1S/C19H24N8O/c1-4-8-26(9-5-1)18-19(22-17-16(21-18)23-28-24-17)27-12-10-25(11-13-27)14-15-6-2-3-7-20-15/h2-3,6-7H,1,4-5,8-14H2. The van der Waals surface area contributed by atoms with Gasteiger partial charge in [-0.1, -0.05) is 6.07 Å². The van der Waals surface area contributed by atoms with Gasteiger partial charge in [-0.05, 0) is 41.7 Å². The van der Waals surface area contributed by atoms with Crippen LogP contribution in [0.25, 0.3) is 11.3 Å². The van der Waals surface area contributed by atoms with Crippen LogP contribution in [-0.4, -0.2) is 69.4 Å². The van der Waals surface area contributed by atoms with Crippen molar-refractivity contribution < 1.29 is 4.63 Å². The van der Waals surface area contributed by atoms with Crippen molar-refractivity contribution >= 4 is 22.9 Å². The molecule has 0 bridgehead atoms. The summed E-state index contributed by atoms with van der Waals surface area (Å²) in [4.78, 5) is 21.0. The molecule has 0 amide bonds. The van der Waals surface area contributed by atoms with Crippen LogP contribution in [0, 0.1) is 0 Å². The maximum Gasteiger partial charge on any atom is 0.245 e. The highest BCUT2D eigenvalue weighted by molar-refractivity contribution is 5.74. The molecule has 0 aromatic carbocycles. The second kappa shape index (κ2) is 7.67. The van der Waals surface area contributed by atoms with E-state index in [0.717, 1.165) is 63.1 Å². The normalized spacial score (nSPS) is 18.7. The van der Waals surface area contributed by atoms with E-state index in [1.807, 2.05) is 18.3 Å². The van der Waals surface area contributed by atoms with Crippen LogP contribution in [0.15, 0.2) is 29.0 Å². The number of piperazine rings is 1. The molecule has 0 aliphatic carbocycles. The topological polar surface area (TPSA) is 87.3 Å². The fourth-order valence-corrected chi connectivity index (χ4v) is 3.99. The third-order valence-electron chi connectivity index (χ3n) is 5.52. The summed E-state index contributed by atoms with van der Waals surface area (Å²) in [5.41, 5.74) is 2.07. The van der Waals surface area contributed by atoms with E-state index in [0.29, 0.717) is 11.3 Å². The Morgan fingerprint density at radius 2 is 1.46 bits per heavy atom. The molecule has 3 aromatic heterocycles. The summed E-state index contributed by atoms with van der Waals surface area (Å²) in [5, 5.41) is 7.81. The van der Waals surface area contributed by atoms with Gasteiger partial charge in [-0.2, -0.15) is 0 Å². The summed E-state index contributed by atoms with van der Waals surface area (Å²) in [6.07, 6.45) is 5.51. The molecule has 0 unspecified atom stereocenters. The highest BCUT2D eigenvalue weighted by Gasteiger charge is 2.26. The van der Waals surface area contributed by atoms with Crippen LogP contribution >= 0.6 is 0 Å². The lowest BCUT2D eigenvalue weighted by molar-refractivity contribution is 0.246. The Bertz CT molecular complexity index is 916. The minimum atomic E-state index is 0.478. The Balaban J connectivity index is 1.35. The van der Waals surface area contributed by atoms with Gasteiger partial charge >= 0.3 is 0 Å². The van der Waals surface area contributed by atoms with Gasteiger partial charge in [0.1, 0.15) is 0 Å². The molecule has 146 valence electrons. The zero-order valence-electron chi connectivity index (χ0n) is 15.9. The smallest absolute Gasteiger partial charge is 0.245 e. The molecule has 0 radical (unpaired) electrons. The van der Waals surface area contributed by atoms with E-state index in [2.05, 4.69) is 36.1 Å². The molecular weight excluding hydrogens is 356 g/mol. The number of hydrogen-bond acceptors (Lipinski definition) is 9. The molecule has 0 N–H and O–H groups in total. The molecule has 0 spiro atoms. The average Bonchev–Trinajstić information content (AvgIpc) is 3.22. The molecule has 9 heteroatoms. The van der Waals surface area contributed by atoms with Crippen molar-refractivity contribution in [2.24, 2.45) is 0 Å². The number of anilines is 2. The van der Waals surface area contributed by atoms with Crippen LogP contribution in [0.1, 0.15) is 25.0 Å². The summed E-state index contributed by atoms with van der Waals surface area (Å²) >= 11 is 0. The van der Waals surface area contributed by atoms with E-state index in [-0.39, 0.29) is 0 Å². The fraction of sp³-hybridized carbons (Fsp3) is 0.526. The third-order valence-corrected chi connectivity index (χ3v) is 5.52. The number of pyridine rings is 1. The Hall–Kier alpha value is -2.81. The minimum absolute atomic E-state index is 0.478. The zero-order valence-corrected chi connectivity index (χ0v) is 15.9. The molecule has 5 rings (SSSR count). The van der Waals surface area contributed by atoms with Crippen molar-refractivity contribution in [3.63, 3.8) is 0 Å². The van der Waals surface area contributed by atoms with Gasteiger partial charge in [0.05, 0.1) is 5.69 Å². The number of piperidine rings is 1. The van der Waals surface area contributed by atoms with E-state index >= 15 is 0 Å². The van der Waals surface area contributed by atoms with Crippen LogP contribution in [-0.2, 0) is 6.54 Å². The first-order valence-electron chi connectivity index (χ1n) is 9.99.